The van der Waals surface area contributed by atoms with Crippen molar-refractivity contribution in [2.24, 2.45) is 0 Å². The third-order valence-corrected chi connectivity index (χ3v) is 4.08. The lowest BCUT2D eigenvalue weighted by molar-refractivity contribution is 0.157. The summed E-state index contributed by atoms with van der Waals surface area (Å²) in [6.45, 7) is 3.33. The maximum Gasteiger partial charge on any atom is 0.0594 e. The number of benzene rings is 1. The van der Waals surface area contributed by atoms with Crippen molar-refractivity contribution in [1.82, 2.24) is 4.90 Å². The van der Waals surface area contributed by atoms with Crippen LogP contribution in [0, 0.1) is 0 Å². The zero-order chi connectivity index (χ0) is 12.5. The first-order valence-electron chi connectivity index (χ1n) is 6.20. The molecule has 3 heteroatoms. The summed E-state index contributed by atoms with van der Waals surface area (Å²) in [5, 5.41) is 9.42. The average molecular weight is 253 g/mol. The molecule has 1 N–H and O–H groups in total. The van der Waals surface area contributed by atoms with Gasteiger partial charge in [-0.2, -0.15) is 11.8 Å². The third-order valence-electron chi connectivity index (χ3n) is 2.77. The molecule has 0 aliphatic rings. The van der Waals surface area contributed by atoms with Crippen LogP contribution in [0.4, 0.5) is 0 Å². The molecule has 17 heavy (non-hydrogen) atoms. The normalized spacial score (nSPS) is 12.9. The van der Waals surface area contributed by atoms with E-state index in [0.29, 0.717) is 0 Å². The van der Waals surface area contributed by atoms with E-state index >= 15 is 0 Å². The van der Waals surface area contributed by atoms with Crippen molar-refractivity contribution in [3.8, 4) is 0 Å². The monoisotopic (exact) mass is 253 g/mol. The van der Waals surface area contributed by atoms with Gasteiger partial charge in [0.15, 0.2) is 0 Å². The third kappa shape index (κ3) is 5.57. The van der Waals surface area contributed by atoms with Crippen molar-refractivity contribution in [2.75, 3.05) is 25.2 Å². The standard InChI is InChI=1S/C14H23NOS/c1-3-9-17-12-14(11-16)15(2)10-13-7-5-4-6-8-13/h4-8,14,16H,3,9-12H2,1-2H3/t14-/m1/s1. The highest BCUT2D eigenvalue weighted by Crippen LogP contribution is 2.11. The first-order chi connectivity index (χ1) is 8.27. The Labute approximate surface area is 109 Å². The largest absolute Gasteiger partial charge is 0.395 e. The highest BCUT2D eigenvalue weighted by atomic mass is 32.2. The molecule has 0 amide bonds. The quantitative estimate of drug-likeness (QED) is 0.720. The summed E-state index contributed by atoms with van der Waals surface area (Å²) in [4.78, 5) is 2.23. The van der Waals surface area contributed by atoms with Crippen molar-refractivity contribution >= 4 is 11.8 Å². The van der Waals surface area contributed by atoms with E-state index in [1.54, 1.807) is 0 Å². The molecule has 96 valence electrons. The van der Waals surface area contributed by atoms with Crippen LogP contribution in [0.1, 0.15) is 18.9 Å². The minimum Gasteiger partial charge on any atom is -0.395 e. The molecule has 0 aliphatic heterocycles. The number of aliphatic hydroxyl groups excluding tert-OH is 1. The van der Waals surface area contributed by atoms with Crippen LogP contribution in [-0.2, 0) is 6.54 Å². The zero-order valence-corrected chi connectivity index (χ0v) is 11.6. The van der Waals surface area contributed by atoms with Crippen LogP contribution in [0.5, 0.6) is 0 Å². The molecule has 0 bridgehead atoms. The van der Waals surface area contributed by atoms with Crippen LogP contribution in [0.2, 0.25) is 0 Å². The fourth-order valence-corrected chi connectivity index (χ4v) is 2.77. The lowest BCUT2D eigenvalue weighted by Gasteiger charge is -2.26. The van der Waals surface area contributed by atoms with Crippen molar-refractivity contribution in [3.05, 3.63) is 35.9 Å². The van der Waals surface area contributed by atoms with Crippen molar-refractivity contribution in [2.45, 2.75) is 25.9 Å². The summed E-state index contributed by atoms with van der Waals surface area (Å²) in [7, 11) is 2.08. The molecule has 1 rings (SSSR count). The van der Waals surface area contributed by atoms with Gasteiger partial charge in [-0.05, 0) is 24.8 Å². The SMILES string of the molecule is CCCSC[C@@H](CO)N(C)Cc1ccccc1. The summed E-state index contributed by atoms with van der Waals surface area (Å²) in [5.41, 5.74) is 1.30. The molecule has 2 nitrogen and oxygen atoms in total. The second-order valence-electron chi connectivity index (χ2n) is 4.31. The smallest absolute Gasteiger partial charge is 0.0594 e. The molecular formula is C14H23NOS. The molecule has 0 aromatic heterocycles. The summed E-state index contributed by atoms with van der Waals surface area (Å²) in [5.74, 6) is 2.18. The van der Waals surface area contributed by atoms with Crippen LogP contribution in [0.25, 0.3) is 0 Å². The highest BCUT2D eigenvalue weighted by molar-refractivity contribution is 7.99. The minimum atomic E-state index is 0.236. The van der Waals surface area contributed by atoms with Crippen molar-refractivity contribution < 1.29 is 5.11 Å². The Morgan fingerprint density at radius 1 is 1.29 bits per heavy atom. The molecule has 0 spiro atoms. The number of aliphatic hydroxyl groups is 1. The van der Waals surface area contributed by atoms with Crippen LogP contribution >= 0.6 is 11.8 Å². The fraction of sp³-hybridized carbons (Fsp3) is 0.571. The van der Waals surface area contributed by atoms with E-state index in [0.717, 1.165) is 12.3 Å². The predicted molar refractivity (Wildman–Crippen MR) is 76.4 cm³/mol. The van der Waals surface area contributed by atoms with Crippen molar-refractivity contribution in [1.29, 1.82) is 0 Å². The molecular weight excluding hydrogens is 230 g/mol. The molecule has 1 aromatic carbocycles. The van der Waals surface area contributed by atoms with E-state index in [1.807, 2.05) is 17.8 Å². The molecule has 0 fully saturated rings. The Morgan fingerprint density at radius 3 is 2.59 bits per heavy atom. The van der Waals surface area contributed by atoms with E-state index in [9.17, 15) is 5.11 Å². The predicted octanol–water partition coefficient (Wildman–Crippen LogP) is 2.62. The van der Waals surface area contributed by atoms with Gasteiger partial charge in [-0.25, -0.2) is 0 Å². The number of rotatable bonds is 8. The molecule has 1 aromatic rings. The van der Waals surface area contributed by atoms with Gasteiger partial charge in [-0.3, -0.25) is 4.90 Å². The molecule has 1 atom stereocenters. The number of likely N-dealkylation sites (N-methyl/N-ethyl adjacent to an activating group) is 1. The summed E-state index contributed by atoms with van der Waals surface area (Å²) < 4.78 is 0. The van der Waals surface area contributed by atoms with Gasteiger partial charge in [0.05, 0.1) is 6.61 Å². The molecule has 0 saturated heterocycles. The first-order valence-corrected chi connectivity index (χ1v) is 7.36. The highest BCUT2D eigenvalue weighted by Gasteiger charge is 2.13. The number of thioether (sulfide) groups is 1. The maximum absolute atomic E-state index is 9.42. The minimum absolute atomic E-state index is 0.236. The zero-order valence-electron chi connectivity index (χ0n) is 10.8. The Hall–Kier alpha value is -0.510. The molecule has 0 heterocycles. The maximum atomic E-state index is 9.42. The van der Waals surface area contributed by atoms with E-state index in [-0.39, 0.29) is 12.6 Å². The first kappa shape index (κ1) is 14.6. The van der Waals surface area contributed by atoms with Gasteiger partial charge in [-0.1, -0.05) is 37.3 Å². The fourth-order valence-electron chi connectivity index (χ4n) is 1.68. The Morgan fingerprint density at radius 2 is 2.00 bits per heavy atom. The summed E-state index contributed by atoms with van der Waals surface area (Å²) >= 11 is 1.92. The Kier molecular flexibility index (Phi) is 7.33. The van der Waals surface area contributed by atoms with E-state index < -0.39 is 0 Å². The van der Waals surface area contributed by atoms with Gasteiger partial charge in [0.25, 0.3) is 0 Å². The van der Waals surface area contributed by atoms with Gasteiger partial charge in [0, 0.05) is 18.3 Å². The van der Waals surface area contributed by atoms with Crippen LogP contribution in [0.3, 0.4) is 0 Å². The molecule has 0 aliphatic carbocycles. The Balaban J connectivity index is 2.40. The topological polar surface area (TPSA) is 23.5 Å². The summed E-state index contributed by atoms with van der Waals surface area (Å²) in [6.07, 6.45) is 1.20. The van der Waals surface area contributed by atoms with Gasteiger partial charge >= 0.3 is 0 Å². The van der Waals surface area contributed by atoms with Crippen LogP contribution in [0.15, 0.2) is 30.3 Å². The van der Waals surface area contributed by atoms with Crippen LogP contribution in [-0.4, -0.2) is 41.2 Å². The summed E-state index contributed by atoms with van der Waals surface area (Å²) in [6, 6.07) is 10.7. The number of nitrogens with zero attached hydrogens (tertiary/aromatic N) is 1. The van der Waals surface area contributed by atoms with Gasteiger partial charge in [-0.15, -0.1) is 0 Å². The van der Waals surface area contributed by atoms with Gasteiger partial charge in [0.1, 0.15) is 0 Å². The second kappa shape index (κ2) is 8.56. The van der Waals surface area contributed by atoms with Crippen LogP contribution < -0.4 is 0 Å². The van der Waals surface area contributed by atoms with Crippen molar-refractivity contribution in [3.63, 3.8) is 0 Å². The van der Waals surface area contributed by atoms with Gasteiger partial charge < -0.3 is 5.11 Å². The molecule has 0 radical (unpaired) electrons. The second-order valence-corrected chi connectivity index (χ2v) is 5.46. The van der Waals surface area contributed by atoms with Gasteiger partial charge in [0.2, 0.25) is 0 Å². The lowest BCUT2D eigenvalue weighted by atomic mass is 10.2. The lowest BCUT2D eigenvalue weighted by Crippen LogP contribution is -2.36. The molecule has 0 saturated carbocycles. The number of hydrogen-bond acceptors (Lipinski definition) is 3. The van der Waals surface area contributed by atoms with E-state index in [1.165, 1.54) is 17.7 Å². The number of hydrogen-bond donors (Lipinski definition) is 1. The Bertz CT molecular complexity index is 292. The van der Waals surface area contributed by atoms with E-state index in [2.05, 4.69) is 43.1 Å². The average Bonchev–Trinajstić information content (AvgIpc) is 2.36. The van der Waals surface area contributed by atoms with E-state index in [4.69, 9.17) is 0 Å². The molecule has 0 unspecified atom stereocenters.